The maximum absolute atomic E-state index is 12.9. The number of likely N-dealkylation sites (N-methyl/N-ethyl adjacent to an activating group) is 1. The van der Waals surface area contributed by atoms with Crippen LogP contribution in [0.5, 0.6) is 0 Å². The number of rotatable bonds is 19. The van der Waals surface area contributed by atoms with Crippen molar-refractivity contribution >= 4 is 28.9 Å². The lowest BCUT2D eigenvalue weighted by Gasteiger charge is -2.22. The first-order chi connectivity index (χ1) is 25.3. The number of hydrogen-bond donors (Lipinski definition) is 6. The molecule has 3 heterocycles. The molecule has 6 N–H and O–H groups in total. The zero-order valence-electron chi connectivity index (χ0n) is 30.4. The highest BCUT2D eigenvalue weighted by atomic mass is 16.6. The van der Waals surface area contributed by atoms with Gasteiger partial charge in [-0.15, -0.1) is 0 Å². The maximum Gasteiger partial charge on any atom is 0.315 e. The lowest BCUT2D eigenvalue weighted by Crippen LogP contribution is -2.42. The highest BCUT2D eigenvalue weighted by molar-refractivity contribution is 5.84. The van der Waals surface area contributed by atoms with Crippen LogP contribution in [0, 0.1) is 0 Å². The van der Waals surface area contributed by atoms with Crippen molar-refractivity contribution in [3.63, 3.8) is 0 Å². The Balaban J connectivity index is 1.38. The molecule has 0 spiro atoms. The van der Waals surface area contributed by atoms with Crippen LogP contribution in [0.3, 0.4) is 0 Å². The van der Waals surface area contributed by atoms with Crippen LogP contribution in [0.1, 0.15) is 75.6 Å². The Hall–Kier alpha value is -4.63. The third kappa shape index (κ3) is 9.82. The number of urea groups is 1. The molecule has 5 rings (SSSR count). The molecule has 4 aromatic rings. The first-order valence-electron chi connectivity index (χ1n) is 18.4. The number of carbonyl (C=O) groups is 2. The molecular formula is C38H53N9O5. The van der Waals surface area contributed by atoms with Gasteiger partial charge < -0.3 is 41.1 Å². The van der Waals surface area contributed by atoms with Crippen LogP contribution in [0.2, 0.25) is 0 Å². The van der Waals surface area contributed by atoms with Gasteiger partial charge in [0.25, 0.3) is 5.91 Å². The van der Waals surface area contributed by atoms with E-state index in [9.17, 15) is 19.8 Å². The average molecular weight is 716 g/mol. The van der Waals surface area contributed by atoms with Crippen molar-refractivity contribution in [1.82, 2.24) is 40.4 Å². The van der Waals surface area contributed by atoms with Crippen LogP contribution in [-0.2, 0) is 16.1 Å². The van der Waals surface area contributed by atoms with E-state index in [0.29, 0.717) is 42.4 Å². The standard InChI is InChI=1S/C38H53N9O5/c1-4-7-20-46(21-8-5-2)22-19-40-38(51)42-24-29-44-34(41-23-28(26-15-11-9-12-16-26)27-17-13-10-14-18-27)30-35(45-29)47(25-43-30)37-32(49)31(48)33(52-37)36(50)39-6-3/h9-18,25,28,31-33,37,48-49H,4-8,19-24H2,1-3H3,(H,39,50)(H2,40,42,51)(H,41,44,45)/t31-,32+,33-,37+/m0/s1. The molecule has 14 nitrogen and oxygen atoms in total. The number of fused-ring (bicyclic) bond motifs is 1. The number of benzene rings is 2. The van der Waals surface area contributed by atoms with E-state index in [0.717, 1.165) is 56.4 Å². The van der Waals surface area contributed by atoms with Crippen LogP contribution in [-0.4, -0.2) is 104 Å². The summed E-state index contributed by atoms with van der Waals surface area (Å²) in [5.74, 6) is 0.168. The number of nitrogens with one attached hydrogen (secondary N) is 4. The molecule has 14 heteroatoms. The van der Waals surface area contributed by atoms with E-state index in [1.165, 1.54) is 10.9 Å². The summed E-state index contributed by atoms with van der Waals surface area (Å²) in [6.45, 7) is 10.2. The van der Waals surface area contributed by atoms with Crippen LogP contribution >= 0.6 is 0 Å². The number of nitrogens with zero attached hydrogens (tertiary/aromatic N) is 5. The van der Waals surface area contributed by atoms with E-state index in [2.05, 4.69) is 69.3 Å². The Morgan fingerprint density at radius 3 is 2.13 bits per heavy atom. The molecular weight excluding hydrogens is 662 g/mol. The van der Waals surface area contributed by atoms with E-state index in [-0.39, 0.29) is 18.5 Å². The number of imidazole rings is 1. The molecule has 52 heavy (non-hydrogen) atoms. The summed E-state index contributed by atoms with van der Waals surface area (Å²) in [5.41, 5.74) is 2.94. The fraction of sp³-hybridized carbons (Fsp3) is 0.500. The molecule has 0 radical (unpaired) electrons. The van der Waals surface area contributed by atoms with Gasteiger partial charge in [0.1, 0.15) is 12.2 Å². The predicted molar refractivity (Wildman–Crippen MR) is 200 cm³/mol. The van der Waals surface area contributed by atoms with E-state index in [1.807, 2.05) is 36.4 Å². The first-order valence-corrected chi connectivity index (χ1v) is 18.4. The fourth-order valence-corrected chi connectivity index (χ4v) is 6.38. The Morgan fingerprint density at radius 1 is 0.865 bits per heavy atom. The second kappa shape index (κ2) is 19.3. The Kier molecular flexibility index (Phi) is 14.3. The second-order valence-electron chi connectivity index (χ2n) is 13.0. The van der Waals surface area contributed by atoms with Gasteiger partial charge in [-0.3, -0.25) is 9.36 Å². The number of amides is 3. The number of anilines is 1. The van der Waals surface area contributed by atoms with Crippen molar-refractivity contribution in [3.05, 3.63) is 83.9 Å². The van der Waals surface area contributed by atoms with Crippen LogP contribution < -0.4 is 21.3 Å². The molecule has 1 fully saturated rings. The quantitative estimate of drug-likeness (QED) is 0.0842. The van der Waals surface area contributed by atoms with Crippen LogP contribution in [0.15, 0.2) is 67.0 Å². The van der Waals surface area contributed by atoms with E-state index < -0.39 is 30.4 Å². The topological polar surface area (TPSA) is 179 Å². The number of aliphatic hydroxyl groups excluding tert-OH is 2. The zero-order chi connectivity index (χ0) is 36.9. The molecule has 0 unspecified atom stereocenters. The van der Waals surface area contributed by atoms with Gasteiger partial charge in [-0.25, -0.2) is 19.7 Å². The molecule has 0 bridgehead atoms. The molecule has 4 atom stereocenters. The van der Waals surface area contributed by atoms with E-state index in [1.54, 1.807) is 6.92 Å². The Bertz CT molecular complexity index is 1660. The third-order valence-corrected chi connectivity index (χ3v) is 9.24. The summed E-state index contributed by atoms with van der Waals surface area (Å²) in [4.78, 5) is 42.0. The summed E-state index contributed by atoms with van der Waals surface area (Å²) >= 11 is 0. The van der Waals surface area contributed by atoms with Gasteiger partial charge >= 0.3 is 6.03 Å². The monoisotopic (exact) mass is 715 g/mol. The van der Waals surface area contributed by atoms with Crippen molar-refractivity contribution < 1.29 is 24.5 Å². The molecule has 0 saturated carbocycles. The summed E-state index contributed by atoms with van der Waals surface area (Å²) in [5, 5.41) is 33.7. The van der Waals surface area contributed by atoms with Gasteiger partial charge in [-0.2, -0.15) is 0 Å². The van der Waals surface area contributed by atoms with E-state index >= 15 is 0 Å². The van der Waals surface area contributed by atoms with Gasteiger partial charge in [0.05, 0.1) is 12.9 Å². The van der Waals surface area contributed by atoms with Crippen molar-refractivity contribution in [2.75, 3.05) is 44.6 Å². The molecule has 3 amide bonds. The van der Waals surface area contributed by atoms with Gasteiger partial charge in [-0.05, 0) is 44.0 Å². The molecule has 280 valence electrons. The van der Waals surface area contributed by atoms with Crippen molar-refractivity contribution in [1.29, 1.82) is 0 Å². The van der Waals surface area contributed by atoms with Crippen molar-refractivity contribution in [2.45, 2.75) is 83.5 Å². The van der Waals surface area contributed by atoms with Crippen LogP contribution in [0.25, 0.3) is 11.2 Å². The predicted octanol–water partition coefficient (Wildman–Crippen LogP) is 3.53. The molecule has 2 aromatic heterocycles. The highest BCUT2D eigenvalue weighted by Crippen LogP contribution is 2.33. The van der Waals surface area contributed by atoms with Gasteiger partial charge in [0, 0.05) is 32.1 Å². The van der Waals surface area contributed by atoms with E-state index in [4.69, 9.17) is 14.7 Å². The van der Waals surface area contributed by atoms with Gasteiger partial charge in [0.15, 0.2) is 35.1 Å². The minimum atomic E-state index is -1.46. The smallest absolute Gasteiger partial charge is 0.315 e. The number of hydrogen-bond acceptors (Lipinski definition) is 10. The lowest BCUT2D eigenvalue weighted by atomic mass is 9.91. The SMILES string of the molecule is CCCCN(CCCC)CCNC(=O)NCc1nc(NCC(c2ccccc2)c2ccccc2)c2ncn([C@@H]3O[C@H](C(=O)NCC)[C@@H](O)[C@H]3O)c2n1. The molecule has 1 aliphatic heterocycles. The Morgan fingerprint density at radius 2 is 1.52 bits per heavy atom. The largest absolute Gasteiger partial charge is 0.387 e. The number of unbranched alkanes of at least 4 members (excludes halogenated alkanes) is 2. The maximum atomic E-state index is 12.9. The first kappa shape index (κ1) is 38.6. The van der Waals surface area contributed by atoms with Crippen molar-refractivity contribution in [3.8, 4) is 0 Å². The normalized spacial score (nSPS) is 18.6. The van der Waals surface area contributed by atoms with Crippen LogP contribution in [0.4, 0.5) is 10.6 Å². The second-order valence-corrected chi connectivity index (χ2v) is 13.0. The van der Waals surface area contributed by atoms with Crippen molar-refractivity contribution in [2.24, 2.45) is 0 Å². The van der Waals surface area contributed by atoms with Gasteiger partial charge in [0.2, 0.25) is 0 Å². The number of aliphatic hydroxyl groups is 2. The van der Waals surface area contributed by atoms with Gasteiger partial charge in [-0.1, -0.05) is 87.4 Å². The third-order valence-electron chi connectivity index (χ3n) is 9.24. The minimum Gasteiger partial charge on any atom is -0.387 e. The molecule has 2 aromatic carbocycles. The fourth-order valence-electron chi connectivity index (χ4n) is 6.38. The molecule has 1 aliphatic rings. The lowest BCUT2D eigenvalue weighted by molar-refractivity contribution is -0.137. The summed E-state index contributed by atoms with van der Waals surface area (Å²) in [7, 11) is 0. The summed E-state index contributed by atoms with van der Waals surface area (Å²) < 4.78 is 7.40. The zero-order valence-corrected chi connectivity index (χ0v) is 30.4. The summed E-state index contributed by atoms with van der Waals surface area (Å²) in [6, 6.07) is 20.0. The Labute approximate surface area is 305 Å². The number of carbonyl (C=O) groups excluding carboxylic acids is 2. The molecule has 1 saturated heterocycles. The number of ether oxygens (including phenoxy) is 1. The average Bonchev–Trinajstić information content (AvgIpc) is 3.72. The number of aromatic nitrogens is 4. The highest BCUT2D eigenvalue weighted by Gasteiger charge is 2.47. The summed E-state index contributed by atoms with van der Waals surface area (Å²) in [6.07, 6.45) is 0.610. The molecule has 0 aliphatic carbocycles. The minimum absolute atomic E-state index is 0.00997.